The van der Waals surface area contributed by atoms with E-state index in [1.54, 1.807) is 19.9 Å². The van der Waals surface area contributed by atoms with Crippen LogP contribution < -0.4 is 4.74 Å². The standard InChI is InChI=1S/C10H10N2O3/c1-6-4-8(5-11)10(15-3)9(7(6)2)12(13)14/h4H,1-3H3. The highest BCUT2D eigenvalue weighted by Gasteiger charge is 2.23. The van der Waals surface area contributed by atoms with E-state index in [0.29, 0.717) is 11.1 Å². The molecule has 0 aliphatic heterocycles. The fraction of sp³-hybridized carbons (Fsp3) is 0.300. The van der Waals surface area contributed by atoms with Gasteiger partial charge in [0.05, 0.1) is 12.0 Å². The van der Waals surface area contributed by atoms with E-state index >= 15 is 0 Å². The van der Waals surface area contributed by atoms with Crippen molar-refractivity contribution in [3.05, 3.63) is 32.9 Å². The van der Waals surface area contributed by atoms with Gasteiger partial charge in [0.2, 0.25) is 5.75 Å². The van der Waals surface area contributed by atoms with Gasteiger partial charge in [-0.1, -0.05) is 0 Å². The van der Waals surface area contributed by atoms with Crippen molar-refractivity contribution in [3.63, 3.8) is 0 Å². The third-order valence-corrected chi connectivity index (χ3v) is 2.27. The molecule has 0 saturated heterocycles. The number of hydrogen-bond donors (Lipinski definition) is 0. The van der Waals surface area contributed by atoms with Crippen LogP contribution in [0.15, 0.2) is 6.07 Å². The summed E-state index contributed by atoms with van der Waals surface area (Å²) in [5.41, 5.74) is 1.29. The molecule has 0 saturated carbocycles. The molecule has 1 rings (SSSR count). The second-order valence-corrected chi connectivity index (χ2v) is 3.12. The van der Waals surface area contributed by atoms with Crippen LogP contribution in [-0.2, 0) is 0 Å². The normalized spacial score (nSPS) is 9.47. The van der Waals surface area contributed by atoms with Crippen LogP contribution in [0.5, 0.6) is 5.75 Å². The van der Waals surface area contributed by atoms with Crippen LogP contribution in [0.2, 0.25) is 0 Å². The molecular weight excluding hydrogens is 196 g/mol. The molecule has 0 aromatic heterocycles. The SMILES string of the molecule is COc1c(C#N)cc(C)c(C)c1[N+](=O)[O-]. The first-order chi connectivity index (χ1) is 7.02. The number of methoxy groups -OCH3 is 1. The number of hydrogen-bond acceptors (Lipinski definition) is 4. The Kier molecular flexibility index (Phi) is 2.90. The summed E-state index contributed by atoms with van der Waals surface area (Å²) in [5.74, 6) is 0.0330. The van der Waals surface area contributed by atoms with Gasteiger partial charge in [-0.05, 0) is 25.5 Å². The van der Waals surface area contributed by atoms with Crippen LogP contribution in [0.3, 0.4) is 0 Å². The fourth-order valence-electron chi connectivity index (χ4n) is 1.38. The highest BCUT2D eigenvalue weighted by atomic mass is 16.6. The third kappa shape index (κ3) is 1.74. The number of nitro benzene ring substituents is 1. The van der Waals surface area contributed by atoms with Crippen LogP contribution in [-0.4, -0.2) is 12.0 Å². The van der Waals surface area contributed by atoms with E-state index in [2.05, 4.69) is 0 Å². The number of nitriles is 1. The molecule has 0 aliphatic carbocycles. The van der Waals surface area contributed by atoms with Crippen molar-refractivity contribution in [1.29, 1.82) is 5.26 Å². The largest absolute Gasteiger partial charge is 0.489 e. The topological polar surface area (TPSA) is 76.2 Å². The smallest absolute Gasteiger partial charge is 0.315 e. The molecule has 1 aromatic carbocycles. The summed E-state index contributed by atoms with van der Waals surface area (Å²) in [5, 5.41) is 19.7. The van der Waals surface area contributed by atoms with Crippen molar-refractivity contribution in [3.8, 4) is 11.8 Å². The third-order valence-electron chi connectivity index (χ3n) is 2.27. The van der Waals surface area contributed by atoms with Gasteiger partial charge in [0.25, 0.3) is 0 Å². The summed E-state index contributed by atoms with van der Waals surface area (Å²) in [6, 6.07) is 3.46. The van der Waals surface area contributed by atoms with E-state index in [0.717, 1.165) is 0 Å². The molecule has 5 heteroatoms. The maximum atomic E-state index is 10.8. The maximum Gasteiger partial charge on any atom is 0.315 e. The molecule has 0 aliphatic rings. The van der Waals surface area contributed by atoms with Crippen LogP contribution in [0, 0.1) is 35.3 Å². The van der Waals surface area contributed by atoms with E-state index in [9.17, 15) is 10.1 Å². The Morgan fingerprint density at radius 1 is 1.53 bits per heavy atom. The Bertz CT molecular complexity index is 461. The first kappa shape index (κ1) is 11.0. The summed E-state index contributed by atoms with van der Waals surface area (Å²) in [4.78, 5) is 10.3. The van der Waals surface area contributed by atoms with E-state index in [1.807, 2.05) is 6.07 Å². The monoisotopic (exact) mass is 206 g/mol. The second kappa shape index (κ2) is 3.96. The van der Waals surface area contributed by atoms with Gasteiger partial charge in [0.1, 0.15) is 11.6 Å². The van der Waals surface area contributed by atoms with Crippen LogP contribution in [0.25, 0.3) is 0 Å². The van der Waals surface area contributed by atoms with Crippen molar-refractivity contribution in [2.24, 2.45) is 0 Å². The lowest BCUT2D eigenvalue weighted by Crippen LogP contribution is -2.00. The molecule has 0 bridgehead atoms. The Morgan fingerprint density at radius 2 is 2.13 bits per heavy atom. The van der Waals surface area contributed by atoms with E-state index < -0.39 is 4.92 Å². The molecule has 0 unspecified atom stereocenters. The van der Waals surface area contributed by atoms with Crippen LogP contribution >= 0.6 is 0 Å². The van der Waals surface area contributed by atoms with Gasteiger partial charge in [0, 0.05) is 5.56 Å². The van der Waals surface area contributed by atoms with Crippen LogP contribution in [0.1, 0.15) is 16.7 Å². The molecule has 5 nitrogen and oxygen atoms in total. The zero-order chi connectivity index (χ0) is 11.6. The van der Waals surface area contributed by atoms with E-state index in [4.69, 9.17) is 10.00 Å². The molecule has 78 valence electrons. The first-order valence-corrected chi connectivity index (χ1v) is 4.25. The number of nitro groups is 1. The van der Waals surface area contributed by atoms with Crippen LogP contribution in [0.4, 0.5) is 5.69 Å². The van der Waals surface area contributed by atoms with Gasteiger partial charge in [-0.25, -0.2) is 0 Å². The highest BCUT2D eigenvalue weighted by molar-refractivity contribution is 5.63. The second-order valence-electron chi connectivity index (χ2n) is 3.12. The van der Waals surface area contributed by atoms with Crippen molar-refractivity contribution in [2.45, 2.75) is 13.8 Å². The van der Waals surface area contributed by atoms with Gasteiger partial charge in [-0.2, -0.15) is 5.26 Å². The minimum absolute atomic E-state index is 0.0330. The summed E-state index contributed by atoms with van der Waals surface area (Å²) < 4.78 is 4.90. The molecule has 15 heavy (non-hydrogen) atoms. The lowest BCUT2D eigenvalue weighted by Gasteiger charge is -2.08. The molecule has 0 amide bonds. The quantitative estimate of drug-likeness (QED) is 0.548. The van der Waals surface area contributed by atoms with Crippen molar-refractivity contribution in [1.82, 2.24) is 0 Å². The number of ether oxygens (including phenoxy) is 1. The molecule has 0 heterocycles. The average molecular weight is 206 g/mol. The minimum atomic E-state index is -0.526. The van der Waals surface area contributed by atoms with Gasteiger partial charge in [-0.3, -0.25) is 10.1 Å². The van der Waals surface area contributed by atoms with Crippen molar-refractivity contribution < 1.29 is 9.66 Å². The molecule has 0 radical (unpaired) electrons. The summed E-state index contributed by atoms with van der Waals surface area (Å²) >= 11 is 0. The minimum Gasteiger partial charge on any atom is -0.489 e. The lowest BCUT2D eigenvalue weighted by molar-refractivity contribution is -0.386. The summed E-state index contributed by atoms with van der Waals surface area (Å²) in [6.45, 7) is 3.36. The summed E-state index contributed by atoms with van der Waals surface area (Å²) in [7, 11) is 1.32. The van der Waals surface area contributed by atoms with E-state index in [-0.39, 0.29) is 17.0 Å². The zero-order valence-electron chi connectivity index (χ0n) is 8.70. The Morgan fingerprint density at radius 3 is 2.53 bits per heavy atom. The molecule has 1 aromatic rings. The van der Waals surface area contributed by atoms with Gasteiger partial charge in [0.15, 0.2) is 0 Å². The maximum absolute atomic E-state index is 10.8. The Balaban J connectivity index is 3.66. The molecule has 0 N–H and O–H groups in total. The highest BCUT2D eigenvalue weighted by Crippen LogP contribution is 2.35. The number of nitrogens with zero attached hydrogens (tertiary/aromatic N) is 2. The number of rotatable bonds is 2. The predicted molar refractivity (Wildman–Crippen MR) is 53.8 cm³/mol. The molecule has 0 fully saturated rings. The lowest BCUT2D eigenvalue weighted by atomic mass is 10.0. The zero-order valence-corrected chi connectivity index (χ0v) is 8.70. The first-order valence-electron chi connectivity index (χ1n) is 4.25. The number of aryl methyl sites for hydroxylation is 1. The molecule has 0 atom stereocenters. The van der Waals surface area contributed by atoms with Gasteiger partial charge >= 0.3 is 5.69 Å². The van der Waals surface area contributed by atoms with E-state index in [1.165, 1.54) is 7.11 Å². The predicted octanol–water partition coefficient (Wildman–Crippen LogP) is 2.09. The van der Waals surface area contributed by atoms with Gasteiger partial charge in [-0.15, -0.1) is 0 Å². The van der Waals surface area contributed by atoms with Gasteiger partial charge < -0.3 is 4.74 Å². The average Bonchev–Trinajstić information content (AvgIpc) is 2.20. The Labute approximate surface area is 87.1 Å². The summed E-state index contributed by atoms with van der Waals surface area (Å²) in [6.07, 6.45) is 0. The number of benzene rings is 1. The molecule has 0 spiro atoms. The fourth-order valence-corrected chi connectivity index (χ4v) is 1.38. The molecular formula is C10H10N2O3. The van der Waals surface area contributed by atoms with Crippen molar-refractivity contribution >= 4 is 5.69 Å². The Hall–Kier alpha value is -2.09. The van der Waals surface area contributed by atoms with Crippen molar-refractivity contribution in [2.75, 3.05) is 7.11 Å².